The predicted molar refractivity (Wildman–Crippen MR) is 73.2 cm³/mol. The third-order valence-corrected chi connectivity index (χ3v) is 3.57. The molecule has 1 aromatic carbocycles. The number of benzene rings is 1. The largest absolute Gasteiger partial charge is 0.399 e. The summed E-state index contributed by atoms with van der Waals surface area (Å²) >= 11 is 5.95. The Bertz CT molecular complexity index is 473. The molecule has 0 saturated carbocycles. The van der Waals surface area contributed by atoms with Crippen LogP contribution in [-0.2, 0) is 4.74 Å². The summed E-state index contributed by atoms with van der Waals surface area (Å²) in [4.78, 5) is 12.0. The lowest BCUT2D eigenvalue weighted by Crippen LogP contribution is -2.46. The number of anilines is 1. The van der Waals surface area contributed by atoms with Gasteiger partial charge in [-0.3, -0.25) is 4.79 Å². The Morgan fingerprint density at radius 3 is 2.84 bits per heavy atom. The van der Waals surface area contributed by atoms with E-state index in [0.717, 1.165) is 0 Å². The number of nitrogens with two attached hydrogens (primary N) is 1. The number of halogens is 1. The Morgan fingerprint density at radius 1 is 1.47 bits per heavy atom. The Labute approximate surface area is 116 Å². The quantitative estimate of drug-likeness (QED) is 0.728. The van der Waals surface area contributed by atoms with Crippen LogP contribution in [0.15, 0.2) is 18.2 Å². The van der Waals surface area contributed by atoms with Crippen molar-refractivity contribution in [3.05, 3.63) is 28.8 Å². The molecule has 0 aliphatic carbocycles. The number of ether oxygens (including phenoxy) is 1. The molecule has 0 atom stereocenters. The number of nitrogen functional groups attached to an aromatic ring is 1. The van der Waals surface area contributed by atoms with Crippen LogP contribution in [0.3, 0.4) is 0 Å². The summed E-state index contributed by atoms with van der Waals surface area (Å²) in [6, 6.07) is 4.73. The molecule has 1 saturated heterocycles. The average molecular weight is 285 g/mol. The van der Waals surface area contributed by atoms with Crippen molar-refractivity contribution in [2.24, 2.45) is 0 Å². The second-order valence-electron chi connectivity index (χ2n) is 4.76. The number of carbonyl (C=O) groups excluding carboxylic acids is 1. The van der Waals surface area contributed by atoms with Crippen LogP contribution >= 0.6 is 11.6 Å². The molecule has 2 rings (SSSR count). The van der Waals surface area contributed by atoms with Crippen LogP contribution in [0, 0.1) is 0 Å². The zero-order chi connectivity index (χ0) is 13.9. The lowest BCUT2D eigenvalue weighted by Gasteiger charge is -2.32. The number of rotatable bonds is 3. The van der Waals surface area contributed by atoms with Crippen molar-refractivity contribution in [2.45, 2.75) is 18.4 Å². The molecule has 0 radical (unpaired) electrons. The summed E-state index contributed by atoms with van der Waals surface area (Å²) in [5, 5.41) is 13.3. The first-order chi connectivity index (χ1) is 9.00. The summed E-state index contributed by atoms with van der Waals surface area (Å²) in [7, 11) is 0. The van der Waals surface area contributed by atoms with Gasteiger partial charge in [0.05, 0.1) is 16.2 Å². The normalized spacial score (nSPS) is 18.0. The van der Waals surface area contributed by atoms with Crippen molar-refractivity contribution in [3.63, 3.8) is 0 Å². The summed E-state index contributed by atoms with van der Waals surface area (Å²) in [5.74, 6) is -0.336. The Hall–Kier alpha value is -1.30. The first-order valence-corrected chi connectivity index (χ1v) is 6.51. The molecular formula is C13H17ClN2O3. The van der Waals surface area contributed by atoms with E-state index in [0.29, 0.717) is 42.3 Å². The summed E-state index contributed by atoms with van der Waals surface area (Å²) in [6.07, 6.45) is 1.02. The third-order valence-electron chi connectivity index (χ3n) is 3.24. The zero-order valence-electron chi connectivity index (χ0n) is 10.5. The van der Waals surface area contributed by atoms with Gasteiger partial charge in [0.25, 0.3) is 5.91 Å². The van der Waals surface area contributed by atoms with Crippen molar-refractivity contribution in [1.29, 1.82) is 0 Å². The van der Waals surface area contributed by atoms with E-state index in [2.05, 4.69) is 5.32 Å². The Balaban J connectivity index is 1.99. The molecule has 1 fully saturated rings. The number of hydrogen-bond donors (Lipinski definition) is 3. The topological polar surface area (TPSA) is 84.6 Å². The molecule has 0 spiro atoms. The lowest BCUT2D eigenvalue weighted by molar-refractivity contribution is -0.0605. The van der Waals surface area contributed by atoms with Gasteiger partial charge in [-0.2, -0.15) is 0 Å². The molecule has 1 aliphatic heterocycles. The van der Waals surface area contributed by atoms with Crippen molar-refractivity contribution in [1.82, 2.24) is 5.32 Å². The van der Waals surface area contributed by atoms with Gasteiger partial charge in [0.1, 0.15) is 0 Å². The molecule has 5 nitrogen and oxygen atoms in total. The fraction of sp³-hybridized carbons (Fsp3) is 0.462. The van der Waals surface area contributed by atoms with Gasteiger partial charge in [0.2, 0.25) is 0 Å². The molecule has 4 N–H and O–H groups in total. The second kappa shape index (κ2) is 5.77. The third kappa shape index (κ3) is 3.59. The highest BCUT2D eigenvalue weighted by molar-refractivity contribution is 6.34. The maximum atomic E-state index is 12.0. The van der Waals surface area contributed by atoms with Gasteiger partial charge >= 0.3 is 0 Å². The number of amides is 1. The van der Waals surface area contributed by atoms with Crippen LogP contribution in [0.2, 0.25) is 5.02 Å². The van der Waals surface area contributed by atoms with Gasteiger partial charge < -0.3 is 20.9 Å². The number of aliphatic hydroxyl groups is 1. The highest BCUT2D eigenvalue weighted by Gasteiger charge is 2.30. The molecule has 0 aromatic heterocycles. The molecule has 104 valence electrons. The predicted octanol–water partition coefficient (Wildman–Crippen LogP) is 1.19. The minimum absolute atomic E-state index is 0.181. The molecule has 1 aromatic rings. The van der Waals surface area contributed by atoms with Crippen LogP contribution in [0.25, 0.3) is 0 Å². The van der Waals surface area contributed by atoms with Crippen LogP contribution in [0.4, 0.5) is 5.69 Å². The van der Waals surface area contributed by atoms with Crippen molar-refractivity contribution >= 4 is 23.2 Å². The molecule has 19 heavy (non-hydrogen) atoms. The number of hydrogen-bond acceptors (Lipinski definition) is 4. The van der Waals surface area contributed by atoms with Gasteiger partial charge in [-0.05, 0) is 18.2 Å². The van der Waals surface area contributed by atoms with Crippen LogP contribution in [-0.4, -0.2) is 36.4 Å². The van der Waals surface area contributed by atoms with Gasteiger partial charge in [0.15, 0.2) is 0 Å². The van der Waals surface area contributed by atoms with E-state index in [1.165, 1.54) is 6.07 Å². The van der Waals surface area contributed by atoms with Crippen LogP contribution in [0.5, 0.6) is 0 Å². The van der Waals surface area contributed by atoms with E-state index >= 15 is 0 Å². The molecule has 0 bridgehead atoms. The van der Waals surface area contributed by atoms with Gasteiger partial charge in [-0.25, -0.2) is 0 Å². The van der Waals surface area contributed by atoms with Gasteiger partial charge in [0, 0.05) is 38.3 Å². The monoisotopic (exact) mass is 284 g/mol. The molecule has 1 heterocycles. The minimum atomic E-state index is -0.902. The minimum Gasteiger partial charge on any atom is -0.399 e. The SMILES string of the molecule is Nc1ccc(Cl)c(C(=O)NCC2(O)CCOCC2)c1. The van der Waals surface area contributed by atoms with E-state index in [-0.39, 0.29) is 12.5 Å². The molecule has 6 heteroatoms. The second-order valence-corrected chi connectivity index (χ2v) is 5.17. The van der Waals surface area contributed by atoms with E-state index in [1.807, 2.05) is 0 Å². The average Bonchev–Trinajstić information content (AvgIpc) is 2.40. The fourth-order valence-electron chi connectivity index (χ4n) is 1.99. The first-order valence-electron chi connectivity index (χ1n) is 6.13. The van der Waals surface area contributed by atoms with E-state index in [1.54, 1.807) is 12.1 Å². The fourth-order valence-corrected chi connectivity index (χ4v) is 2.19. The highest BCUT2D eigenvalue weighted by Crippen LogP contribution is 2.21. The van der Waals surface area contributed by atoms with Crippen molar-refractivity contribution < 1.29 is 14.6 Å². The zero-order valence-corrected chi connectivity index (χ0v) is 11.2. The molecular weight excluding hydrogens is 268 g/mol. The van der Waals surface area contributed by atoms with Crippen LogP contribution in [0.1, 0.15) is 23.2 Å². The summed E-state index contributed by atoms with van der Waals surface area (Å²) < 4.78 is 5.18. The molecule has 0 unspecified atom stereocenters. The Kier molecular flexibility index (Phi) is 4.29. The highest BCUT2D eigenvalue weighted by atomic mass is 35.5. The van der Waals surface area contributed by atoms with E-state index in [9.17, 15) is 9.90 Å². The van der Waals surface area contributed by atoms with Crippen molar-refractivity contribution in [3.8, 4) is 0 Å². The number of nitrogens with one attached hydrogen (secondary N) is 1. The van der Waals surface area contributed by atoms with E-state index < -0.39 is 5.60 Å². The molecule has 1 amide bonds. The standard InChI is InChI=1S/C13H17ClN2O3/c14-11-2-1-9(15)7-10(11)12(17)16-8-13(18)3-5-19-6-4-13/h1-2,7,18H,3-6,8,15H2,(H,16,17). The maximum absolute atomic E-state index is 12.0. The van der Waals surface area contributed by atoms with Gasteiger partial charge in [-0.15, -0.1) is 0 Å². The van der Waals surface area contributed by atoms with Crippen molar-refractivity contribution in [2.75, 3.05) is 25.5 Å². The van der Waals surface area contributed by atoms with E-state index in [4.69, 9.17) is 22.1 Å². The smallest absolute Gasteiger partial charge is 0.252 e. The Morgan fingerprint density at radius 2 is 2.16 bits per heavy atom. The van der Waals surface area contributed by atoms with Gasteiger partial charge in [-0.1, -0.05) is 11.6 Å². The summed E-state index contributed by atoms with van der Waals surface area (Å²) in [6.45, 7) is 1.19. The number of carbonyl (C=O) groups is 1. The lowest BCUT2D eigenvalue weighted by atomic mass is 9.94. The maximum Gasteiger partial charge on any atom is 0.252 e. The summed E-state index contributed by atoms with van der Waals surface area (Å²) in [5.41, 5.74) is 5.51. The molecule has 1 aliphatic rings. The first kappa shape index (κ1) is 14.1. The van der Waals surface area contributed by atoms with Crippen LogP contribution < -0.4 is 11.1 Å².